The number of halogens is 3. The molecule has 0 atom stereocenters. The molecule has 0 amide bonds. The van der Waals surface area contributed by atoms with E-state index in [1.54, 1.807) is 12.1 Å². The van der Waals surface area contributed by atoms with E-state index in [1.165, 1.54) is 177 Å². The van der Waals surface area contributed by atoms with E-state index in [-0.39, 0.29) is 11.8 Å². The molecule has 0 heterocycles. The molecular weight excluding hydrogens is 1830 g/mol. The van der Waals surface area contributed by atoms with Gasteiger partial charge in [-0.3, -0.25) is 0 Å². The first-order chi connectivity index (χ1) is 67.1. The van der Waals surface area contributed by atoms with Crippen molar-refractivity contribution in [2.45, 2.75) is 601 Å². The molecule has 148 heavy (non-hydrogen) atoms. The van der Waals surface area contributed by atoms with Gasteiger partial charge in [-0.1, -0.05) is 729 Å². The highest BCUT2D eigenvalue weighted by Crippen LogP contribution is 2.40. The molecule has 0 unspecified atom stereocenters. The smallest absolute Gasteiger partial charge is 0.171 e. The second-order valence-corrected chi connectivity index (χ2v) is 65.0. The van der Waals surface area contributed by atoms with E-state index in [0.717, 1.165) is 47.1 Å². The number of unbranched alkanes of at least 4 members (excludes halogenated alkanes) is 1. The van der Waals surface area contributed by atoms with Crippen LogP contribution in [0.25, 0.3) is 0 Å². The van der Waals surface area contributed by atoms with E-state index in [0.29, 0.717) is 38.4 Å². The summed E-state index contributed by atoms with van der Waals surface area (Å²) in [5.41, 5.74) is 18.6. The number of aryl methyl sites for hydroxylation is 8. The van der Waals surface area contributed by atoms with Gasteiger partial charge < -0.3 is 0 Å². The maximum atomic E-state index is 12.6. The third kappa shape index (κ3) is 166. The highest BCUT2D eigenvalue weighted by atomic mass is 28.3. The summed E-state index contributed by atoms with van der Waals surface area (Å²) in [7, 11) is -1.28. The molecule has 7 aromatic carbocycles. The molecule has 0 nitrogen and oxygen atoms in total. The molecule has 0 spiro atoms. The summed E-state index contributed by atoms with van der Waals surface area (Å²) < 4.78 is 37.8. The zero-order chi connectivity index (χ0) is 121. The molecule has 0 fully saturated rings. The Morgan fingerprint density at radius 3 is 0.608 bits per heavy atom. The molecule has 0 aromatic heterocycles. The normalized spacial score (nSPS) is 10.7. The lowest BCUT2D eigenvalue weighted by Gasteiger charge is -2.27. The monoisotopic (exact) mass is 2110 g/mol. The summed E-state index contributed by atoms with van der Waals surface area (Å²) in [5.74, 6) is 4.95. The molecule has 0 saturated carbocycles. The SMILES string of the molecule is CC.CC.CC(C)(C)C.CC(C)C.CCC.CCC(C)(C)C.CCC(C)(C)C.CCC(C)(C)C.CCC(C)(C)CC.CCC(C)C.CCC(C)C.CCC(C)CC.CCCC.CC[Si](C)(CC)CC.C[Si](C)(C)C.Cc1ccc(C(C)(C)C)cc1.Cc1ccc(C(C)C)cc1.Cc1ccc(C)cc1.Cc1ccc(CC(C)(C)C(F)(F)F)cc1.Cc1ccc(CC(C)(C)C)cc1.Cc1ccc(CC(C)C)cc1.Cc1ccccc1. The third-order valence-electron chi connectivity index (χ3n) is 23.2. The van der Waals surface area contributed by atoms with Crippen LogP contribution in [0, 0.1) is 123 Å². The molecule has 0 N–H and O–H groups in total. The first-order valence-electron chi connectivity index (χ1n) is 59.6. The van der Waals surface area contributed by atoms with Crippen molar-refractivity contribution in [1.29, 1.82) is 0 Å². The van der Waals surface area contributed by atoms with Crippen LogP contribution < -0.4 is 0 Å². The van der Waals surface area contributed by atoms with Gasteiger partial charge in [-0.15, -0.1) is 0 Å². The maximum Gasteiger partial charge on any atom is 0.394 e. The highest BCUT2D eigenvalue weighted by Gasteiger charge is 2.47. The Balaban J connectivity index is -0.0000000977. The number of hydrogen-bond acceptors (Lipinski definition) is 0. The van der Waals surface area contributed by atoms with Crippen molar-refractivity contribution in [2.24, 2.45) is 67.5 Å². The van der Waals surface area contributed by atoms with Crippen molar-refractivity contribution in [2.75, 3.05) is 0 Å². The lowest BCUT2D eigenvalue weighted by Crippen LogP contribution is -2.34. The Morgan fingerprint density at radius 2 is 0.473 bits per heavy atom. The Labute approximate surface area is 939 Å². The van der Waals surface area contributed by atoms with Crippen LogP contribution in [0.5, 0.6) is 0 Å². The van der Waals surface area contributed by atoms with Gasteiger partial charge in [0.2, 0.25) is 0 Å². The van der Waals surface area contributed by atoms with E-state index in [2.05, 4.69) is 554 Å². The quantitative estimate of drug-likeness (QED) is 0.0846. The summed E-state index contributed by atoms with van der Waals surface area (Å²) in [6, 6.07) is 65.3. The van der Waals surface area contributed by atoms with Gasteiger partial charge in [0.05, 0.1) is 5.41 Å². The van der Waals surface area contributed by atoms with Gasteiger partial charge >= 0.3 is 6.18 Å². The van der Waals surface area contributed by atoms with Crippen molar-refractivity contribution >= 4 is 16.1 Å². The van der Waals surface area contributed by atoms with Gasteiger partial charge in [0.15, 0.2) is 0 Å². The first kappa shape index (κ1) is 176. The van der Waals surface area contributed by atoms with Gasteiger partial charge in [0, 0.05) is 16.1 Å². The van der Waals surface area contributed by atoms with E-state index in [1.807, 2.05) is 65.0 Å². The Bertz CT molecular complexity index is 3600. The molecule has 7 rings (SSSR count). The fourth-order valence-corrected chi connectivity index (χ4v) is 9.80. The van der Waals surface area contributed by atoms with Crippen LogP contribution in [0.15, 0.2) is 176 Å². The molecule has 0 aliphatic heterocycles. The van der Waals surface area contributed by atoms with Crippen LogP contribution in [-0.2, 0) is 24.7 Å². The van der Waals surface area contributed by atoms with Gasteiger partial charge in [-0.2, -0.15) is 13.2 Å². The van der Waals surface area contributed by atoms with Gasteiger partial charge in [-0.25, -0.2) is 0 Å². The molecule has 876 valence electrons. The first-order valence-corrected chi connectivity index (χ1v) is 66.7. The van der Waals surface area contributed by atoms with E-state index < -0.39 is 27.7 Å². The summed E-state index contributed by atoms with van der Waals surface area (Å²) in [6.45, 7) is 148. The summed E-state index contributed by atoms with van der Waals surface area (Å²) in [4.78, 5) is 0. The van der Waals surface area contributed by atoms with Gasteiger partial charge in [0.25, 0.3) is 0 Å². The second kappa shape index (κ2) is 103. The van der Waals surface area contributed by atoms with Crippen molar-refractivity contribution < 1.29 is 13.2 Å². The third-order valence-corrected chi connectivity index (χ3v) is 28.3. The summed E-state index contributed by atoms with van der Waals surface area (Å²) in [6.07, 6.45) is 13.8. The standard InChI is InChI=1S/C12H15F3.C12H18.2C11H16.C10H14.C8H10.C7H18Si.C7H8.C7H16.4C6H14.3C5H12.C4H12Si.2C4H10.C3H8.2C2H6/c1-9-4-6-10(7-5-9)8-11(2,3)12(13,14)15;1-10-5-7-11(8-6-10)9-12(2,3)4;1-9-5-7-10(8-6-9)11(2,3)4;1-9(2)8-11-6-4-10(3)5-7-11;1-8(2)10-6-4-9(3)5-7-10;1-7-3-5-8(2)6-4-7;1-5-8(4,6-2)7-3;1-7-5-3-2-4-6-7;1-5-7(3,4)6-2;3*1-5-6(2,3)4;1-4-6(3)5-2;1-5(2,3)4;2*1-4-5(2)3;1-5(2,3)4;1-4(2)3;1-3-4-2;1-3-2;2*1-2/h4-7H,8H2,1-3H3;5-8H,9H2,1-4H3;5-8H,1-4H3;4-7,9H,8H2,1-3H3;4-8H,1-3H3;3-6H,1-2H3;5-7H2,1-4H3;2-6H,1H3;5-6H2,1-4H3;3*5H2,1-4H3;6H,4-5H2,1-3H3;1-4H3;2*5H,4H2,1-3H3;1-4H3;4H,1-3H3;3-4H2,1-2H3;3H2,1-2H3;2*1-2H3. The molecule has 0 bridgehead atoms. The van der Waals surface area contributed by atoms with Crippen LogP contribution in [0.1, 0.15) is 536 Å². The minimum absolute atomic E-state index is 0.0246. The molecule has 0 aliphatic rings. The fourth-order valence-electron chi connectivity index (χ4n) is 8.30. The zero-order valence-electron chi connectivity index (χ0n) is 114. The predicted molar refractivity (Wildman–Crippen MR) is 702 cm³/mol. The molecule has 7 aromatic rings. The Hall–Kier alpha value is -5.24. The largest absolute Gasteiger partial charge is 0.394 e. The topological polar surface area (TPSA) is 0 Å². The highest BCUT2D eigenvalue weighted by molar-refractivity contribution is 6.78. The minimum Gasteiger partial charge on any atom is -0.171 e. The molecule has 0 aliphatic carbocycles. The van der Waals surface area contributed by atoms with E-state index in [9.17, 15) is 13.2 Å². The van der Waals surface area contributed by atoms with Gasteiger partial charge in [-0.05, 0) is 176 Å². The second-order valence-electron chi connectivity index (χ2n) is 53.3. The molecule has 0 saturated heterocycles. The number of benzene rings is 7. The maximum absolute atomic E-state index is 12.6. The number of rotatable bonds is 16. The minimum atomic E-state index is -4.15. The molecule has 0 radical (unpaired) electrons. The van der Waals surface area contributed by atoms with Crippen LogP contribution in [0.4, 0.5) is 13.2 Å². The fraction of sp³-hybridized carbons (Fsp3) is 0.706. The van der Waals surface area contributed by atoms with Gasteiger partial charge in [0.1, 0.15) is 0 Å². The van der Waals surface area contributed by atoms with Crippen molar-refractivity contribution in [3.8, 4) is 0 Å². The molecular formula is C143H275F3Si2. The average Bonchev–Trinajstić information content (AvgIpc) is 0.825. The Kier molecular flexibility index (Phi) is 123. The Morgan fingerprint density at radius 1 is 0.270 bits per heavy atom. The van der Waals surface area contributed by atoms with Crippen molar-refractivity contribution in [1.82, 2.24) is 0 Å². The zero-order valence-corrected chi connectivity index (χ0v) is 116. The number of alkyl halides is 3. The van der Waals surface area contributed by atoms with Crippen LogP contribution >= 0.6 is 0 Å². The van der Waals surface area contributed by atoms with Crippen molar-refractivity contribution in [3.05, 3.63) is 248 Å². The van der Waals surface area contributed by atoms with E-state index >= 15 is 0 Å². The van der Waals surface area contributed by atoms with Crippen LogP contribution in [0.3, 0.4) is 0 Å². The predicted octanol–water partition coefficient (Wildman–Crippen LogP) is 52.4. The van der Waals surface area contributed by atoms with Crippen molar-refractivity contribution in [3.63, 3.8) is 0 Å². The summed E-state index contributed by atoms with van der Waals surface area (Å²) >= 11 is 0. The number of hydrogen-bond donors (Lipinski definition) is 0. The molecule has 5 heteroatoms. The average molecular weight is 2110 g/mol. The van der Waals surface area contributed by atoms with Crippen LogP contribution in [0.2, 0.25) is 50.9 Å². The lowest BCUT2D eigenvalue weighted by atomic mass is 9.85. The van der Waals surface area contributed by atoms with E-state index in [4.69, 9.17) is 0 Å². The summed E-state index contributed by atoms with van der Waals surface area (Å²) in [5, 5.41) is 0. The lowest BCUT2D eigenvalue weighted by molar-refractivity contribution is -0.211. The van der Waals surface area contributed by atoms with Crippen LogP contribution in [-0.4, -0.2) is 22.3 Å².